The number of pyridine rings is 1. The van der Waals surface area contributed by atoms with Crippen LogP contribution in [0.1, 0.15) is 16.1 Å². The molecule has 0 bridgehead atoms. The maximum Gasteiger partial charge on any atom is 0.272 e. The number of hydrogen-bond donors (Lipinski definition) is 0. The standard InChI is InChI=1S/C14H11BrF2N2O/c1-19(8-9-2-4-11(16)6-12(9)17)14(20)13-5-3-10(15)7-18-13/h2-7H,8H2,1H3. The average molecular weight is 341 g/mol. The van der Waals surface area contributed by atoms with E-state index in [1.807, 2.05) is 0 Å². The van der Waals surface area contributed by atoms with Gasteiger partial charge in [-0.05, 0) is 34.1 Å². The Morgan fingerprint density at radius 1 is 1.30 bits per heavy atom. The Kier molecular flexibility index (Phi) is 4.44. The molecule has 1 heterocycles. The Morgan fingerprint density at radius 2 is 2.05 bits per heavy atom. The van der Waals surface area contributed by atoms with Gasteiger partial charge in [0.2, 0.25) is 0 Å². The van der Waals surface area contributed by atoms with Crippen LogP contribution in [0.15, 0.2) is 41.0 Å². The third-order valence-corrected chi connectivity index (χ3v) is 3.18. The molecule has 0 aliphatic carbocycles. The minimum atomic E-state index is -0.673. The van der Waals surface area contributed by atoms with Gasteiger partial charge in [0.15, 0.2) is 0 Å². The fourth-order valence-electron chi connectivity index (χ4n) is 1.68. The molecular formula is C14H11BrF2N2O. The van der Waals surface area contributed by atoms with E-state index in [1.54, 1.807) is 12.1 Å². The summed E-state index contributed by atoms with van der Waals surface area (Å²) >= 11 is 3.23. The molecule has 1 aromatic heterocycles. The molecule has 0 aliphatic rings. The van der Waals surface area contributed by atoms with Crippen molar-refractivity contribution in [3.05, 3.63) is 63.9 Å². The molecule has 0 unspecified atom stereocenters. The molecule has 0 radical (unpaired) electrons. The summed E-state index contributed by atoms with van der Waals surface area (Å²) in [7, 11) is 1.54. The molecule has 3 nitrogen and oxygen atoms in total. The van der Waals surface area contributed by atoms with Crippen LogP contribution in [0.25, 0.3) is 0 Å². The summed E-state index contributed by atoms with van der Waals surface area (Å²) in [5.41, 5.74) is 0.512. The Labute approximate surface area is 123 Å². The van der Waals surface area contributed by atoms with Gasteiger partial charge in [-0.2, -0.15) is 0 Å². The van der Waals surface area contributed by atoms with Crippen LogP contribution in [0.3, 0.4) is 0 Å². The summed E-state index contributed by atoms with van der Waals surface area (Å²) in [6.45, 7) is 0.0443. The van der Waals surface area contributed by atoms with Gasteiger partial charge in [0, 0.05) is 35.9 Å². The van der Waals surface area contributed by atoms with E-state index in [0.717, 1.165) is 16.6 Å². The quantitative estimate of drug-likeness (QED) is 0.857. The van der Waals surface area contributed by atoms with Gasteiger partial charge in [-0.1, -0.05) is 6.07 Å². The first-order valence-corrected chi connectivity index (χ1v) is 6.57. The van der Waals surface area contributed by atoms with Gasteiger partial charge < -0.3 is 4.90 Å². The molecule has 1 amide bonds. The van der Waals surface area contributed by atoms with E-state index in [-0.39, 0.29) is 23.7 Å². The van der Waals surface area contributed by atoms with Gasteiger partial charge >= 0.3 is 0 Å². The normalized spacial score (nSPS) is 10.4. The van der Waals surface area contributed by atoms with Crippen LogP contribution >= 0.6 is 15.9 Å². The van der Waals surface area contributed by atoms with E-state index in [1.165, 1.54) is 24.2 Å². The van der Waals surface area contributed by atoms with Gasteiger partial charge in [0.25, 0.3) is 5.91 Å². The van der Waals surface area contributed by atoms with E-state index < -0.39 is 11.6 Å². The van der Waals surface area contributed by atoms with Gasteiger partial charge in [0.1, 0.15) is 17.3 Å². The number of nitrogens with zero attached hydrogens (tertiary/aromatic N) is 2. The van der Waals surface area contributed by atoms with Gasteiger partial charge in [-0.15, -0.1) is 0 Å². The highest BCUT2D eigenvalue weighted by Gasteiger charge is 2.15. The summed E-state index contributed by atoms with van der Waals surface area (Å²) in [5, 5.41) is 0. The zero-order chi connectivity index (χ0) is 14.7. The lowest BCUT2D eigenvalue weighted by Gasteiger charge is -2.17. The van der Waals surface area contributed by atoms with Crippen molar-refractivity contribution >= 4 is 21.8 Å². The topological polar surface area (TPSA) is 33.2 Å². The van der Waals surface area contributed by atoms with Crippen molar-refractivity contribution < 1.29 is 13.6 Å². The third kappa shape index (κ3) is 3.39. The van der Waals surface area contributed by atoms with Crippen LogP contribution in [-0.4, -0.2) is 22.8 Å². The summed E-state index contributed by atoms with van der Waals surface area (Å²) in [6.07, 6.45) is 1.51. The zero-order valence-corrected chi connectivity index (χ0v) is 12.2. The number of carbonyl (C=O) groups is 1. The third-order valence-electron chi connectivity index (χ3n) is 2.72. The maximum absolute atomic E-state index is 13.5. The summed E-state index contributed by atoms with van der Waals surface area (Å²) in [4.78, 5) is 17.4. The summed E-state index contributed by atoms with van der Waals surface area (Å²) in [6, 6.07) is 6.56. The highest BCUT2D eigenvalue weighted by molar-refractivity contribution is 9.10. The van der Waals surface area contributed by atoms with Crippen LogP contribution in [0.4, 0.5) is 8.78 Å². The first-order chi connectivity index (χ1) is 9.47. The summed E-state index contributed by atoms with van der Waals surface area (Å²) in [5.74, 6) is -1.65. The molecule has 0 spiro atoms. The van der Waals surface area contributed by atoms with Crippen LogP contribution < -0.4 is 0 Å². The maximum atomic E-state index is 13.5. The molecular weight excluding hydrogens is 330 g/mol. The molecule has 2 aromatic rings. The molecule has 1 aromatic carbocycles. The lowest BCUT2D eigenvalue weighted by atomic mass is 10.2. The van der Waals surface area contributed by atoms with Gasteiger partial charge in [0.05, 0.1) is 0 Å². The lowest BCUT2D eigenvalue weighted by Crippen LogP contribution is -2.27. The smallest absolute Gasteiger partial charge is 0.272 e. The molecule has 0 atom stereocenters. The fraction of sp³-hybridized carbons (Fsp3) is 0.143. The predicted molar refractivity (Wildman–Crippen MR) is 74.1 cm³/mol. The molecule has 20 heavy (non-hydrogen) atoms. The van der Waals surface area contributed by atoms with Crippen LogP contribution in [0, 0.1) is 11.6 Å². The minimum Gasteiger partial charge on any atom is -0.336 e. The van der Waals surface area contributed by atoms with E-state index in [9.17, 15) is 13.6 Å². The van der Waals surface area contributed by atoms with Crippen molar-refractivity contribution in [1.29, 1.82) is 0 Å². The lowest BCUT2D eigenvalue weighted by molar-refractivity contribution is 0.0778. The Hall–Kier alpha value is -1.82. The fourth-order valence-corrected chi connectivity index (χ4v) is 1.91. The van der Waals surface area contributed by atoms with Gasteiger partial charge in [-0.3, -0.25) is 4.79 Å². The number of benzene rings is 1. The van der Waals surface area contributed by atoms with E-state index in [4.69, 9.17) is 0 Å². The van der Waals surface area contributed by atoms with Crippen molar-refractivity contribution in [3.8, 4) is 0 Å². The number of aromatic nitrogens is 1. The number of rotatable bonds is 3. The van der Waals surface area contributed by atoms with Crippen molar-refractivity contribution in [2.75, 3.05) is 7.05 Å². The second-order valence-corrected chi connectivity index (χ2v) is 5.17. The Balaban J connectivity index is 2.13. The van der Waals surface area contributed by atoms with E-state index in [0.29, 0.717) is 0 Å². The van der Waals surface area contributed by atoms with Crippen molar-refractivity contribution in [2.45, 2.75) is 6.54 Å². The molecule has 0 saturated heterocycles. The van der Waals surface area contributed by atoms with Crippen LogP contribution in [0.5, 0.6) is 0 Å². The molecule has 2 rings (SSSR count). The minimum absolute atomic E-state index is 0.0443. The SMILES string of the molecule is CN(Cc1ccc(F)cc1F)C(=O)c1ccc(Br)cn1. The first-order valence-electron chi connectivity index (χ1n) is 5.78. The second-order valence-electron chi connectivity index (χ2n) is 4.26. The van der Waals surface area contributed by atoms with Crippen LogP contribution in [0.2, 0.25) is 0 Å². The largest absolute Gasteiger partial charge is 0.336 e. The van der Waals surface area contributed by atoms with Crippen molar-refractivity contribution in [1.82, 2.24) is 9.88 Å². The van der Waals surface area contributed by atoms with Crippen LogP contribution in [-0.2, 0) is 6.54 Å². The zero-order valence-electron chi connectivity index (χ0n) is 10.6. The monoisotopic (exact) mass is 340 g/mol. The molecule has 0 aliphatic heterocycles. The van der Waals surface area contributed by atoms with Crippen molar-refractivity contribution in [3.63, 3.8) is 0 Å². The average Bonchev–Trinajstić information content (AvgIpc) is 2.42. The van der Waals surface area contributed by atoms with E-state index >= 15 is 0 Å². The first kappa shape index (κ1) is 14.6. The van der Waals surface area contributed by atoms with E-state index in [2.05, 4.69) is 20.9 Å². The molecule has 0 fully saturated rings. The molecule has 0 saturated carbocycles. The Morgan fingerprint density at radius 3 is 2.65 bits per heavy atom. The number of halogens is 3. The number of carbonyl (C=O) groups excluding carboxylic acids is 1. The second kappa shape index (κ2) is 6.09. The molecule has 104 valence electrons. The number of hydrogen-bond acceptors (Lipinski definition) is 2. The van der Waals surface area contributed by atoms with Crippen molar-refractivity contribution in [2.24, 2.45) is 0 Å². The van der Waals surface area contributed by atoms with Gasteiger partial charge in [-0.25, -0.2) is 13.8 Å². The summed E-state index contributed by atoms with van der Waals surface area (Å²) < 4.78 is 27.1. The molecule has 0 N–H and O–H groups in total. The molecule has 6 heteroatoms. The highest BCUT2D eigenvalue weighted by atomic mass is 79.9. The highest BCUT2D eigenvalue weighted by Crippen LogP contribution is 2.14. The number of amides is 1. The predicted octanol–water partition coefficient (Wildman–Crippen LogP) is 3.39. The Bertz CT molecular complexity index is 632.